The van der Waals surface area contributed by atoms with E-state index in [1.165, 1.54) is 16.8 Å². The van der Waals surface area contributed by atoms with E-state index in [1.54, 1.807) is 24.3 Å². The standard InChI is InChI=1S/C11H10N4O3S/c16-9(17)5-7-3-1-2-4-8(7)13-10(18)14-11-15-12-6-19-11/h1-4,6H,5H2,(H,16,17)(H2,13,14,15,18). The molecule has 1 aromatic carbocycles. The van der Waals surface area contributed by atoms with Gasteiger partial charge in [0.05, 0.1) is 6.42 Å². The lowest BCUT2D eigenvalue weighted by Crippen LogP contribution is -2.20. The van der Waals surface area contributed by atoms with Gasteiger partial charge in [-0.3, -0.25) is 10.1 Å². The monoisotopic (exact) mass is 278 g/mol. The van der Waals surface area contributed by atoms with Crippen molar-refractivity contribution in [2.24, 2.45) is 0 Å². The Labute approximate surface area is 112 Å². The highest BCUT2D eigenvalue weighted by atomic mass is 32.1. The van der Waals surface area contributed by atoms with Crippen molar-refractivity contribution in [3.8, 4) is 0 Å². The SMILES string of the molecule is O=C(O)Cc1ccccc1NC(=O)Nc1nncs1. The molecule has 0 saturated carbocycles. The molecule has 2 aromatic rings. The number of amides is 2. The predicted molar refractivity (Wildman–Crippen MR) is 70.3 cm³/mol. The van der Waals surface area contributed by atoms with Crippen LogP contribution in [0.25, 0.3) is 0 Å². The van der Waals surface area contributed by atoms with E-state index in [1.807, 2.05) is 0 Å². The summed E-state index contributed by atoms with van der Waals surface area (Å²) in [5, 5.41) is 21.5. The smallest absolute Gasteiger partial charge is 0.325 e. The Kier molecular flexibility index (Phi) is 4.04. The molecule has 98 valence electrons. The lowest BCUT2D eigenvalue weighted by molar-refractivity contribution is -0.136. The number of urea groups is 1. The highest BCUT2D eigenvalue weighted by molar-refractivity contribution is 7.13. The first-order chi connectivity index (χ1) is 9.15. The fourth-order valence-corrected chi connectivity index (χ4v) is 1.88. The van der Waals surface area contributed by atoms with E-state index in [-0.39, 0.29) is 6.42 Å². The number of carboxylic acid groups (broad SMARTS) is 1. The van der Waals surface area contributed by atoms with Gasteiger partial charge in [0.15, 0.2) is 0 Å². The molecule has 0 bridgehead atoms. The van der Waals surface area contributed by atoms with Crippen LogP contribution in [0.4, 0.5) is 15.6 Å². The number of hydrogen-bond donors (Lipinski definition) is 3. The Morgan fingerprint density at radius 3 is 2.74 bits per heavy atom. The Bertz CT molecular complexity index is 585. The van der Waals surface area contributed by atoms with Crippen LogP contribution in [0.2, 0.25) is 0 Å². The molecule has 19 heavy (non-hydrogen) atoms. The van der Waals surface area contributed by atoms with Gasteiger partial charge in [0.1, 0.15) is 5.51 Å². The summed E-state index contributed by atoms with van der Waals surface area (Å²) in [4.78, 5) is 22.4. The maximum absolute atomic E-state index is 11.7. The number of carboxylic acids is 1. The number of benzene rings is 1. The zero-order valence-electron chi connectivity index (χ0n) is 9.66. The molecular weight excluding hydrogens is 268 g/mol. The van der Waals surface area contributed by atoms with E-state index in [0.29, 0.717) is 16.4 Å². The van der Waals surface area contributed by atoms with Crippen LogP contribution in [0.1, 0.15) is 5.56 Å². The van der Waals surface area contributed by atoms with Crippen LogP contribution in [-0.2, 0) is 11.2 Å². The number of carbonyl (C=O) groups excluding carboxylic acids is 1. The summed E-state index contributed by atoms with van der Waals surface area (Å²) < 4.78 is 0. The van der Waals surface area contributed by atoms with Crippen LogP contribution in [-0.4, -0.2) is 27.3 Å². The third kappa shape index (κ3) is 3.75. The number of rotatable bonds is 4. The molecule has 0 spiro atoms. The minimum atomic E-state index is -0.959. The third-order valence-corrected chi connectivity index (χ3v) is 2.79. The zero-order valence-corrected chi connectivity index (χ0v) is 10.5. The molecule has 0 aliphatic heterocycles. The quantitative estimate of drug-likeness (QED) is 0.791. The van der Waals surface area contributed by atoms with Crippen LogP contribution in [0.15, 0.2) is 29.8 Å². The van der Waals surface area contributed by atoms with Crippen LogP contribution < -0.4 is 10.6 Å². The highest BCUT2D eigenvalue weighted by Crippen LogP contribution is 2.16. The van der Waals surface area contributed by atoms with Gasteiger partial charge in [0.25, 0.3) is 0 Å². The first-order valence-corrected chi connectivity index (χ1v) is 6.17. The fraction of sp³-hybridized carbons (Fsp3) is 0.0909. The molecule has 0 saturated heterocycles. The first kappa shape index (κ1) is 13.0. The molecule has 0 aliphatic rings. The van der Waals surface area contributed by atoms with Gasteiger partial charge in [-0.05, 0) is 11.6 Å². The third-order valence-electron chi connectivity index (χ3n) is 2.19. The van der Waals surface area contributed by atoms with Gasteiger partial charge in [-0.15, -0.1) is 10.2 Å². The van der Waals surface area contributed by atoms with E-state index in [4.69, 9.17) is 5.11 Å². The Hall–Kier alpha value is -2.48. The molecule has 1 aromatic heterocycles. The number of nitrogens with one attached hydrogen (secondary N) is 2. The Morgan fingerprint density at radius 1 is 1.26 bits per heavy atom. The van der Waals surface area contributed by atoms with Crippen molar-refractivity contribution < 1.29 is 14.7 Å². The van der Waals surface area contributed by atoms with Crippen molar-refractivity contribution >= 4 is 34.2 Å². The number of hydrogen-bond acceptors (Lipinski definition) is 5. The second-order valence-electron chi connectivity index (χ2n) is 3.55. The van der Waals surface area contributed by atoms with E-state index in [0.717, 1.165) is 0 Å². The van der Waals surface area contributed by atoms with Gasteiger partial charge >= 0.3 is 12.0 Å². The number of para-hydroxylation sites is 1. The van der Waals surface area contributed by atoms with Crippen LogP contribution >= 0.6 is 11.3 Å². The molecule has 0 fully saturated rings. The molecule has 7 nitrogen and oxygen atoms in total. The Balaban J connectivity index is 2.06. The number of aromatic nitrogens is 2. The van der Waals surface area contributed by atoms with E-state index >= 15 is 0 Å². The number of anilines is 2. The van der Waals surface area contributed by atoms with Gasteiger partial charge in [-0.25, -0.2) is 4.79 Å². The molecule has 0 radical (unpaired) electrons. The predicted octanol–water partition coefficient (Wildman–Crippen LogP) is 1.81. The van der Waals surface area contributed by atoms with Crippen molar-refractivity contribution in [1.29, 1.82) is 0 Å². The average Bonchev–Trinajstić information content (AvgIpc) is 2.83. The van der Waals surface area contributed by atoms with Crippen molar-refractivity contribution in [3.63, 3.8) is 0 Å². The molecular formula is C11H10N4O3S. The molecule has 3 N–H and O–H groups in total. The van der Waals surface area contributed by atoms with E-state index < -0.39 is 12.0 Å². The molecule has 2 rings (SSSR count). The number of aliphatic carboxylic acids is 1. The summed E-state index contributed by atoms with van der Waals surface area (Å²) in [6.45, 7) is 0. The Morgan fingerprint density at radius 2 is 2.05 bits per heavy atom. The number of nitrogens with zero attached hydrogens (tertiary/aromatic N) is 2. The summed E-state index contributed by atoms with van der Waals surface area (Å²) >= 11 is 1.19. The molecule has 0 unspecified atom stereocenters. The summed E-state index contributed by atoms with van der Waals surface area (Å²) in [5.41, 5.74) is 2.47. The largest absolute Gasteiger partial charge is 0.481 e. The van der Waals surface area contributed by atoms with Gasteiger partial charge in [-0.1, -0.05) is 29.5 Å². The molecule has 0 atom stereocenters. The van der Waals surface area contributed by atoms with Crippen molar-refractivity contribution in [2.75, 3.05) is 10.6 Å². The maximum atomic E-state index is 11.7. The second-order valence-corrected chi connectivity index (χ2v) is 4.38. The van der Waals surface area contributed by atoms with Gasteiger partial charge in [0.2, 0.25) is 5.13 Å². The van der Waals surface area contributed by atoms with Gasteiger partial charge in [0, 0.05) is 5.69 Å². The zero-order chi connectivity index (χ0) is 13.7. The van der Waals surface area contributed by atoms with Gasteiger partial charge in [-0.2, -0.15) is 0 Å². The number of carbonyl (C=O) groups is 2. The van der Waals surface area contributed by atoms with Crippen LogP contribution in [0.3, 0.4) is 0 Å². The molecule has 1 heterocycles. The van der Waals surface area contributed by atoms with Crippen LogP contribution in [0.5, 0.6) is 0 Å². The molecule has 0 aliphatic carbocycles. The summed E-state index contributed by atoms with van der Waals surface area (Å²) in [7, 11) is 0. The normalized spacial score (nSPS) is 9.89. The fourth-order valence-electron chi connectivity index (χ4n) is 1.44. The van der Waals surface area contributed by atoms with E-state index in [2.05, 4.69) is 20.8 Å². The average molecular weight is 278 g/mol. The van der Waals surface area contributed by atoms with Crippen molar-refractivity contribution in [3.05, 3.63) is 35.3 Å². The first-order valence-electron chi connectivity index (χ1n) is 5.29. The highest BCUT2D eigenvalue weighted by Gasteiger charge is 2.10. The second kappa shape index (κ2) is 5.91. The maximum Gasteiger partial charge on any atom is 0.325 e. The van der Waals surface area contributed by atoms with E-state index in [9.17, 15) is 9.59 Å². The van der Waals surface area contributed by atoms with Gasteiger partial charge < -0.3 is 10.4 Å². The molecule has 8 heteroatoms. The molecule has 2 amide bonds. The lowest BCUT2D eigenvalue weighted by atomic mass is 10.1. The van der Waals surface area contributed by atoms with Crippen molar-refractivity contribution in [2.45, 2.75) is 6.42 Å². The van der Waals surface area contributed by atoms with Crippen LogP contribution in [0, 0.1) is 0 Å². The van der Waals surface area contributed by atoms with Crippen molar-refractivity contribution in [1.82, 2.24) is 10.2 Å². The minimum Gasteiger partial charge on any atom is -0.481 e. The summed E-state index contributed by atoms with van der Waals surface area (Å²) in [5.74, 6) is -0.959. The summed E-state index contributed by atoms with van der Waals surface area (Å²) in [6, 6.07) is 6.22. The topological polar surface area (TPSA) is 104 Å². The summed E-state index contributed by atoms with van der Waals surface area (Å²) in [6.07, 6.45) is -0.157. The minimum absolute atomic E-state index is 0.157. The lowest BCUT2D eigenvalue weighted by Gasteiger charge is -2.09.